The van der Waals surface area contributed by atoms with Gasteiger partial charge in [0.05, 0.1) is 18.7 Å². The fourth-order valence-electron chi connectivity index (χ4n) is 5.31. The van der Waals surface area contributed by atoms with Crippen molar-refractivity contribution in [1.82, 2.24) is 14.8 Å². The van der Waals surface area contributed by atoms with Crippen molar-refractivity contribution in [1.29, 1.82) is 0 Å². The molecule has 0 bridgehead atoms. The number of methoxy groups -OCH3 is 1. The van der Waals surface area contributed by atoms with Crippen LogP contribution in [-0.4, -0.2) is 59.7 Å². The van der Waals surface area contributed by atoms with Crippen LogP contribution in [0, 0.1) is 13.8 Å². The molecule has 198 valence electrons. The maximum absolute atomic E-state index is 12.6. The number of pyridine rings is 1. The van der Waals surface area contributed by atoms with Crippen LogP contribution in [0.5, 0.6) is 11.6 Å². The van der Waals surface area contributed by atoms with E-state index in [4.69, 9.17) is 14.2 Å². The van der Waals surface area contributed by atoms with Gasteiger partial charge in [0.2, 0.25) is 5.88 Å². The molecule has 8 nitrogen and oxygen atoms in total. The molecule has 3 aromatic rings. The minimum absolute atomic E-state index is 0.0142. The normalized spacial score (nSPS) is 18.3. The first-order valence-electron chi connectivity index (χ1n) is 13.0. The maximum Gasteiger partial charge on any atom is 0.410 e. The second-order valence-electron chi connectivity index (χ2n) is 9.88. The third-order valence-electron chi connectivity index (χ3n) is 7.44. The number of amides is 1. The predicted octanol–water partition coefficient (Wildman–Crippen LogP) is 5.44. The van der Waals surface area contributed by atoms with Crippen molar-refractivity contribution in [2.24, 2.45) is 0 Å². The van der Waals surface area contributed by atoms with Gasteiger partial charge in [-0.2, -0.15) is 0 Å². The van der Waals surface area contributed by atoms with Crippen LogP contribution in [-0.2, 0) is 16.0 Å². The summed E-state index contributed by atoms with van der Waals surface area (Å²) in [5, 5.41) is 0. The molecule has 2 aliphatic rings. The van der Waals surface area contributed by atoms with E-state index in [0.717, 1.165) is 54.9 Å². The molecule has 2 saturated heterocycles. The molecule has 2 aromatic carbocycles. The van der Waals surface area contributed by atoms with Gasteiger partial charge >= 0.3 is 12.1 Å². The number of hydrogen-bond acceptors (Lipinski definition) is 7. The number of carbonyl (C=O) groups excluding carboxylic acids is 2. The van der Waals surface area contributed by atoms with Crippen LogP contribution in [0.2, 0.25) is 0 Å². The van der Waals surface area contributed by atoms with Gasteiger partial charge in [-0.3, -0.25) is 9.80 Å². The number of piperidine rings is 1. The highest BCUT2D eigenvalue weighted by molar-refractivity contribution is 5.91. The zero-order valence-corrected chi connectivity index (χ0v) is 22.1. The molecule has 1 atom stereocenters. The molecule has 0 radical (unpaired) electrons. The Bertz CT molecular complexity index is 1300. The van der Waals surface area contributed by atoms with Crippen molar-refractivity contribution in [2.75, 3.05) is 26.8 Å². The van der Waals surface area contributed by atoms with E-state index >= 15 is 0 Å². The van der Waals surface area contributed by atoms with Crippen LogP contribution >= 0.6 is 0 Å². The van der Waals surface area contributed by atoms with Gasteiger partial charge < -0.3 is 14.2 Å². The topological polar surface area (TPSA) is 81.2 Å². The molecule has 8 heteroatoms. The summed E-state index contributed by atoms with van der Waals surface area (Å²) >= 11 is 0. The zero-order chi connectivity index (χ0) is 26.6. The SMILES string of the molecule is COC(=O)c1ccc(Oc2ccc(CN3CCC(N4C(=O)OC[C@H]4c4ccccc4)CC3)c(C)n2)cc1C. The lowest BCUT2D eigenvalue weighted by Gasteiger charge is -2.38. The van der Waals surface area contributed by atoms with Crippen molar-refractivity contribution >= 4 is 12.1 Å². The third-order valence-corrected chi connectivity index (χ3v) is 7.44. The lowest BCUT2D eigenvalue weighted by atomic mass is 9.98. The predicted molar refractivity (Wildman–Crippen MR) is 142 cm³/mol. The summed E-state index contributed by atoms with van der Waals surface area (Å²) in [6.07, 6.45) is 1.61. The van der Waals surface area contributed by atoms with E-state index < -0.39 is 0 Å². The number of benzene rings is 2. The molecule has 2 aliphatic heterocycles. The fourth-order valence-corrected chi connectivity index (χ4v) is 5.31. The fraction of sp³-hybridized carbons (Fsp3) is 0.367. The van der Waals surface area contributed by atoms with Gasteiger partial charge in [-0.25, -0.2) is 14.6 Å². The van der Waals surface area contributed by atoms with Crippen molar-refractivity contribution in [3.8, 4) is 11.6 Å². The summed E-state index contributed by atoms with van der Waals surface area (Å²) in [7, 11) is 1.37. The summed E-state index contributed by atoms with van der Waals surface area (Å²) in [5.74, 6) is 0.758. The molecule has 2 fully saturated rings. The molecule has 3 heterocycles. The van der Waals surface area contributed by atoms with E-state index in [9.17, 15) is 9.59 Å². The molecule has 0 saturated carbocycles. The largest absolute Gasteiger partial charge is 0.465 e. The van der Waals surface area contributed by atoms with Crippen molar-refractivity contribution in [3.63, 3.8) is 0 Å². The Morgan fingerprint density at radius 1 is 1.05 bits per heavy atom. The van der Waals surface area contributed by atoms with Gasteiger partial charge in [0.15, 0.2) is 0 Å². The Morgan fingerprint density at radius 2 is 1.82 bits per heavy atom. The van der Waals surface area contributed by atoms with Crippen LogP contribution in [0.15, 0.2) is 60.7 Å². The van der Waals surface area contributed by atoms with Gasteiger partial charge in [-0.15, -0.1) is 0 Å². The minimum atomic E-state index is -0.368. The highest BCUT2D eigenvalue weighted by Crippen LogP contribution is 2.33. The number of hydrogen-bond donors (Lipinski definition) is 0. The first kappa shape index (κ1) is 25.7. The number of rotatable bonds is 7. The van der Waals surface area contributed by atoms with Crippen LogP contribution in [0.3, 0.4) is 0 Å². The quantitative estimate of drug-likeness (QED) is 0.388. The van der Waals surface area contributed by atoms with Crippen LogP contribution in [0.1, 0.15) is 51.6 Å². The molecule has 0 spiro atoms. The van der Waals surface area contributed by atoms with Gasteiger partial charge in [-0.05, 0) is 61.6 Å². The molecular formula is C30H33N3O5. The number of ether oxygens (including phenoxy) is 3. The van der Waals surface area contributed by atoms with Crippen LogP contribution in [0.25, 0.3) is 0 Å². The number of aromatic nitrogens is 1. The lowest BCUT2D eigenvalue weighted by Crippen LogP contribution is -2.46. The standard InChI is InChI=1S/C30H33N3O5/c1-20-17-25(10-11-26(20)29(34)36-3)38-28-12-9-23(21(2)31-28)18-32-15-13-24(14-16-32)33-27(19-37-30(33)35)22-7-5-4-6-8-22/h4-12,17,24,27H,13-16,18-19H2,1-3H3/t27-/m0/s1. The first-order valence-corrected chi connectivity index (χ1v) is 13.0. The zero-order valence-electron chi connectivity index (χ0n) is 22.1. The highest BCUT2D eigenvalue weighted by Gasteiger charge is 2.40. The van der Waals surface area contributed by atoms with Crippen molar-refractivity contribution < 1.29 is 23.8 Å². The highest BCUT2D eigenvalue weighted by atomic mass is 16.6. The average molecular weight is 516 g/mol. The average Bonchev–Trinajstić information content (AvgIpc) is 3.32. The molecule has 1 amide bonds. The summed E-state index contributed by atoms with van der Waals surface area (Å²) in [6.45, 7) is 6.85. The minimum Gasteiger partial charge on any atom is -0.465 e. The smallest absolute Gasteiger partial charge is 0.410 e. The van der Waals surface area contributed by atoms with Gasteiger partial charge in [0.25, 0.3) is 0 Å². The molecule has 0 N–H and O–H groups in total. The van der Waals surface area contributed by atoms with E-state index in [2.05, 4.69) is 28.1 Å². The maximum atomic E-state index is 12.6. The van der Waals surface area contributed by atoms with Gasteiger partial charge in [0.1, 0.15) is 12.4 Å². The van der Waals surface area contributed by atoms with Crippen molar-refractivity contribution in [2.45, 2.75) is 45.3 Å². The number of esters is 1. The molecular weight excluding hydrogens is 482 g/mol. The number of cyclic esters (lactones) is 1. The number of nitrogens with zero attached hydrogens (tertiary/aromatic N) is 3. The van der Waals surface area contributed by atoms with Crippen LogP contribution < -0.4 is 4.74 Å². The number of aryl methyl sites for hydroxylation is 2. The summed E-state index contributed by atoms with van der Waals surface area (Å²) < 4.78 is 16.2. The monoisotopic (exact) mass is 515 g/mol. The first-order chi connectivity index (χ1) is 18.4. The molecule has 0 unspecified atom stereocenters. The summed E-state index contributed by atoms with van der Waals surface area (Å²) in [4.78, 5) is 33.4. The van der Waals surface area contributed by atoms with Gasteiger partial charge in [-0.1, -0.05) is 36.4 Å². The molecule has 38 heavy (non-hydrogen) atoms. The van der Waals surface area contributed by atoms with E-state index in [1.54, 1.807) is 18.2 Å². The molecule has 1 aromatic heterocycles. The van der Waals surface area contributed by atoms with Crippen LogP contribution in [0.4, 0.5) is 4.79 Å². The molecule has 5 rings (SSSR count). The Labute approximate surface area is 223 Å². The summed E-state index contributed by atoms with van der Waals surface area (Å²) in [5.41, 5.74) is 4.48. The van der Waals surface area contributed by atoms with E-state index in [1.807, 2.05) is 43.0 Å². The Kier molecular flexibility index (Phi) is 7.60. The molecule has 0 aliphatic carbocycles. The van der Waals surface area contributed by atoms with Crippen molar-refractivity contribution in [3.05, 3.63) is 88.6 Å². The van der Waals surface area contributed by atoms with E-state index in [0.29, 0.717) is 23.8 Å². The second kappa shape index (κ2) is 11.2. The van der Waals surface area contributed by atoms with Gasteiger partial charge in [0, 0.05) is 37.4 Å². The number of carbonyl (C=O) groups is 2. The lowest BCUT2D eigenvalue weighted by molar-refractivity contribution is 0.0600. The summed E-state index contributed by atoms with van der Waals surface area (Å²) in [6, 6.07) is 19.5. The Hall–Kier alpha value is -3.91. The van der Waals surface area contributed by atoms with E-state index in [1.165, 1.54) is 7.11 Å². The number of likely N-dealkylation sites (tertiary alicyclic amines) is 1. The Morgan fingerprint density at radius 3 is 2.50 bits per heavy atom. The second-order valence-corrected chi connectivity index (χ2v) is 9.88. The Balaban J connectivity index is 1.18. The van der Waals surface area contributed by atoms with E-state index in [-0.39, 0.29) is 24.1 Å². The third kappa shape index (κ3) is 5.50.